The molecule has 3 atom stereocenters. The predicted molar refractivity (Wildman–Crippen MR) is 67.2 cm³/mol. The Morgan fingerprint density at radius 1 is 1.12 bits per heavy atom. The van der Waals surface area contributed by atoms with Crippen molar-refractivity contribution >= 4 is 0 Å². The molecule has 1 saturated carbocycles. The SMILES string of the molecule is C[C@H]1[C@H](COCc2ccccc2)CC[C@@H]1C. The topological polar surface area (TPSA) is 9.23 Å². The third kappa shape index (κ3) is 2.85. The maximum Gasteiger partial charge on any atom is 0.0717 e. The lowest BCUT2D eigenvalue weighted by molar-refractivity contribution is 0.0735. The minimum Gasteiger partial charge on any atom is -0.376 e. The van der Waals surface area contributed by atoms with E-state index in [9.17, 15) is 0 Å². The number of ether oxygens (including phenoxy) is 1. The van der Waals surface area contributed by atoms with Crippen LogP contribution in [0.4, 0.5) is 0 Å². The average Bonchev–Trinajstić information content (AvgIpc) is 2.62. The summed E-state index contributed by atoms with van der Waals surface area (Å²) in [5.74, 6) is 2.49. The van der Waals surface area contributed by atoms with Crippen LogP contribution in [0.25, 0.3) is 0 Å². The van der Waals surface area contributed by atoms with E-state index in [-0.39, 0.29) is 0 Å². The van der Waals surface area contributed by atoms with E-state index < -0.39 is 0 Å². The molecule has 0 amide bonds. The Morgan fingerprint density at radius 2 is 1.88 bits per heavy atom. The summed E-state index contributed by atoms with van der Waals surface area (Å²) in [4.78, 5) is 0. The van der Waals surface area contributed by atoms with Crippen LogP contribution in [0.3, 0.4) is 0 Å². The standard InChI is InChI=1S/C15H22O/c1-12-8-9-15(13(12)2)11-16-10-14-6-4-3-5-7-14/h3-7,12-13,15H,8-11H2,1-2H3/t12-,13+,15-/m0/s1. The van der Waals surface area contributed by atoms with Crippen molar-refractivity contribution in [3.05, 3.63) is 35.9 Å². The van der Waals surface area contributed by atoms with Gasteiger partial charge in [0.05, 0.1) is 13.2 Å². The molecule has 0 unspecified atom stereocenters. The van der Waals surface area contributed by atoms with E-state index in [4.69, 9.17) is 4.74 Å². The summed E-state index contributed by atoms with van der Waals surface area (Å²) < 4.78 is 5.82. The molecule has 0 aliphatic heterocycles. The third-order valence-corrected chi connectivity index (χ3v) is 4.08. The van der Waals surface area contributed by atoms with Crippen LogP contribution in [0.15, 0.2) is 30.3 Å². The van der Waals surface area contributed by atoms with Gasteiger partial charge in [-0.15, -0.1) is 0 Å². The second-order valence-electron chi connectivity index (χ2n) is 5.17. The zero-order chi connectivity index (χ0) is 11.4. The van der Waals surface area contributed by atoms with Crippen molar-refractivity contribution in [2.24, 2.45) is 17.8 Å². The Balaban J connectivity index is 1.73. The summed E-state index contributed by atoms with van der Waals surface area (Å²) in [6, 6.07) is 10.4. The third-order valence-electron chi connectivity index (χ3n) is 4.08. The normalized spacial score (nSPS) is 29.5. The van der Waals surface area contributed by atoms with Crippen LogP contribution in [0.5, 0.6) is 0 Å². The monoisotopic (exact) mass is 218 g/mol. The van der Waals surface area contributed by atoms with Crippen LogP contribution >= 0.6 is 0 Å². The van der Waals surface area contributed by atoms with Gasteiger partial charge in [0, 0.05) is 0 Å². The summed E-state index contributed by atoms with van der Waals surface area (Å²) in [5.41, 5.74) is 1.28. The molecular weight excluding hydrogens is 196 g/mol. The summed E-state index contributed by atoms with van der Waals surface area (Å²) in [7, 11) is 0. The van der Waals surface area contributed by atoms with Gasteiger partial charge in [-0.05, 0) is 29.7 Å². The molecule has 0 bridgehead atoms. The van der Waals surface area contributed by atoms with Gasteiger partial charge in [0.15, 0.2) is 0 Å². The lowest BCUT2D eigenvalue weighted by Crippen LogP contribution is -2.15. The van der Waals surface area contributed by atoms with Crippen molar-refractivity contribution in [1.29, 1.82) is 0 Å². The molecule has 16 heavy (non-hydrogen) atoms. The van der Waals surface area contributed by atoms with Crippen LogP contribution < -0.4 is 0 Å². The zero-order valence-corrected chi connectivity index (χ0v) is 10.4. The van der Waals surface area contributed by atoms with Crippen molar-refractivity contribution in [2.45, 2.75) is 33.3 Å². The molecule has 0 saturated heterocycles. The summed E-state index contributed by atoms with van der Waals surface area (Å²) >= 11 is 0. The number of benzene rings is 1. The predicted octanol–water partition coefficient (Wildman–Crippen LogP) is 3.89. The minimum absolute atomic E-state index is 0.762. The van der Waals surface area contributed by atoms with Gasteiger partial charge >= 0.3 is 0 Å². The first-order valence-electron chi connectivity index (χ1n) is 6.39. The highest BCUT2D eigenvalue weighted by atomic mass is 16.5. The molecule has 1 aromatic carbocycles. The average molecular weight is 218 g/mol. The summed E-state index contributed by atoms with van der Waals surface area (Å²) in [5, 5.41) is 0. The molecule has 2 rings (SSSR count). The van der Waals surface area contributed by atoms with Crippen molar-refractivity contribution in [2.75, 3.05) is 6.61 Å². The Morgan fingerprint density at radius 3 is 2.50 bits per heavy atom. The molecule has 1 aliphatic carbocycles. The van der Waals surface area contributed by atoms with E-state index in [1.807, 2.05) is 6.07 Å². The van der Waals surface area contributed by atoms with E-state index >= 15 is 0 Å². The van der Waals surface area contributed by atoms with E-state index in [1.54, 1.807) is 0 Å². The second-order valence-corrected chi connectivity index (χ2v) is 5.17. The number of rotatable bonds is 4. The largest absolute Gasteiger partial charge is 0.376 e. The van der Waals surface area contributed by atoms with Gasteiger partial charge in [-0.2, -0.15) is 0 Å². The molecule has 1 nitrogen and oxygen atoms in total. The van der Waals surface area contributed by atoms with Gasteiger partial charge in [-0.25, -0.2) is 0 Å². The fourth-order valence-electron chi connectivity index (χ4n) is 2.60. The Labute approximate surface area is 98.8 Å². The first-order valence-corrected chi connectivity index (χ1v) is 6.39. The molecule has 1 fully saturated rings. The highest BCUT2D eigenvalue weighted by molar-refractivity contribution is 5.13. The molecule has 1 aromatic rings. The quantitative estimate of drug-likeness (QED) is 0.745. The lowest BCUT2D eigenvalue weighted by Gasteiger charge is -2.18. The first kappa shape index (κ1) is 11.7. The molecule has 0 N–H and O–H groups in total. The van der Waals surface area contributed by atoms with Gasteiger partial charge in [0.1, 0.15) is 0 Å². The molecule has 0 heterocycles. The van der Waals surface area contributed by atoms with Crippen LogP contribution in [-0.4, -0.2) is 6.61 Å². The van der Waals surface area contributed by atoms with Gasteiger partial charge in [-0.3, -0.25) is 0 Å². The Hall–Kier alpha value is -0.820. The van der Waals surface area contributed by atoms with E-state index in [2.05, 4.69) is 38.1 Å². The van der Waals surface area contributed by atoms with Crippen molar-refractivity contribution < 1.29 is 4.74 Å². The molecule has 0 aromatic heterocycles. The summed E-state index contributed by atoms with van der Waals surface area (Å²) in [6.45, 7) is 6.43. The Kier molecular flexibility index (Phi) is 4.00. The fourth-order valence-corrected chi connectivity index (χ4v) is 2.60. The molecule has 0 spiro atoms. The molecule has 88 valence electrons. The van der Waals surface area contributed by atoms with Gasteiger partial charge in [0.2, 0.25) is 0 Å². The van der Waals surface area contributed by atoms with Crippen LogP contribution in [0.2, 0.25) is 0 Å². The molecule has 1 heteroatoms. The second kappa shape index (κ2) is 5.49. The first-order chi connectivity index (χ1) is 7.77. The maximum absolute atomic E-state index is 5.82. The van der Waals surface area contributed by atoms with Crippen LogP contribution in [0.1, 0.15) is 32.3 Å². The molecule has 1 aliphatic rings. The van der Waals surface area contributed by atoms with Gasteiger partial charge < -0.3 is 4.74 Å². The number of hydrogen-bond donors (Lipinski definition) is 0. The van der Waals surface area contributed by atoms with Gasteiger partial charge in [-0.1, -0.05) is 50.6 Å². The maximum atomic E-state index is 5.82. The smallest absolute Gasteiger partial charge is 0.0717 e. The van der Waals surface area contributed by atoms with Crippen molar-refractivity contribution in [3.63, 3.8) is 0 Å². The highest BCUT2D eigenvalue weighted by Crippen LogP contribution is 2.36. The van der Waals surface area contributed by atoms with Crippen LogP contribution in [-0.2, 0) is 11.3 Å². The molecular formula is C15H22O. The van der Waals surface area contributed by atoms with Crippen LogP contribution in [0, 0.1) is 17.8 Å². The fraction of sp³-hybridized carbons (Fsp3) is 0.600. The van der Waals surface area contributed by atoms with E-state index in [0.29, 0.717) is 0 Å². The lowest BCUT2D eigenvalue weighted by atomic mass is 9.93. The minimum atomic E-state index is 0.762. The van der Waals surface area contributed by atoms with E-state index in [0.717, 1.165) is 31.0 Å². The molecule has 0 radical (unpaired) electrons. The number of hydrogen-bond acceptors (Lipinski definition) is 1. The van der Waals surface area contributed by atoms with Crippen molar-refractivity contribution in [3.8, 4) is 0 Å². The van der Waals surface area contributed by atoms with Crippen molar-refractivity contribution in [1.82, 2.24) is 0 Å². The van der Waals surface area contributed by atoms with E-state index in [1.165, 1.54) is 18.4 Å². The Bertz CT molecular complexity index is 306. The summed E-state index contributed by atoms with van der Waals surface area (Å²) in [6.07, 6.45) is 2.72. The highest BCUT2D eigenvalue weighted by Gasteiger charge is 2.29. The zero-order valence-electron chi connectivity index (χ0n) is 10.4. The van der Waals surface area contributed by atoms with Gasteiger partial charge in [0.25, 0.3) is 0 Å².